The first-order valence-corrected chi connectivity index (χ1v) is 4.60. The lowest BCUT2D eigenvalue weighted by atomic mass is 10.3. The number of hydrogen-bond acceptors (Lipinski definition) is 2. The minimum Gasteiger partial charge on any atom is -0.305 e. The first-order valence-electron chi connectivity index (χ1n) is 4.60. The fourth-order valence-electron chi connectivity index (χ4n) is 1.16. The second kappa shape index (κ2) is 7.15. The predicted molar refractivity (Wildman–Crippen MR) is 54.1 cm³/mol. The van der Waals surface area contributed by atoms with Gasteiger partial charge in [0.2, 0.25) is 0 Å². The first-order chi connectivity index (χ1) is 5.72. The van der Waals surface area contributed by atoms with Crippen LogP contribution in [0, 0.1) is 12.3 Å². The van der Waals surface area contributed by atoms with Crippen molar-refractivity contribution < 1.29 is 0 Å². The van der Waals surface area contributed by atoms with Crippen molar-refractivity contribution in [3.05, 3.63) is 0 Å². The zero-order chi connectivity index (χ0) is 9.40. The van der Waals surface area contributed by atoms with Crippen molar-refractivity contribution in [1.82, 2.24) is 10.2 Å². The van der Waals surface area contributed by atoms with Gasteiger partial charge in [-0.1, -0.05) is 12.8 Å². The van der Waals surface area contributed by atoms with Crippen LogP contribution in [0.1, 0.15) is 20.8 Å². The number of nitrogens with zero attached hydrogens (tertiary/aromatic N) is 1. The Balaban J connectivity index is 3.40. The Kier molecular flexibility index (Phi) is 6.84. The average molecular weight is 168 g/mol. The molecule has 1 N–H and O–H groups in total. The second-order valence-corrected chi connectivity index (χ2v) is 3.10. The largest absolute Gasteiger partial charge is 0.305 e. The maximum absolute atomic E-state index is 5.11. The topological polar surface area (TPSA) is 15.3 Å². The monoisotopic (exact) mass is 168 g/mol. The third-order valence-electron chi connectivity index (χ3n) is 1.94. The fourth-order valence-corrected chi connectivity index (χ4v) is 1.16. The molecule has 0 atom stereocenters. The van der Waals surface area contributed by atoms with Gasteiger partial charge in [0.15, 0.2) is 0 Å². The molecule has 0 saturated carbocycles. The highest BCUT2D eigenvalue weighted by atomic mass is 15.2. The summed E-state index contributed by atoms with van der Waals surface area (Å²) in [4.78, 5) is 2.41. The van der Waals surface area contributed by atoms with E-state index < -0.39 is 0 Å². The van der Waals surface area contributed by atoms with Crippen LogP contribution >= 0.6 is 0 Å². The van der Waals surface area contributed by atoms with Crippen LogP contribution in [0.2, 0.25) is 0 Å². The Morgan fingerprint density at radius 2 is 2.17 bits per heavy atom. The SMILES string of the molecule is C#CCNCCN(CC)C(C)C. The quantitative estimate of drug-likeness (QED) is 0.469. The van der Waals surface area contributed by atoms with Gasteiger partial charge >= 0.3 is 0 Å². The van der Waals surface area contributed by atoms with Crippen molar-refractivity contribution in [2.24, 2.45) is 0 Å². The summed E-state index contributed by atoms with van der Waals surface area (Å²) in [5.41, 5.74) is 0. The summed E-state index contributed by atoms with van der Waals surface area (Å²) in [7, 11) is 0. The molecule has 0 bridgehead atoms. The molecule has 0 spiro atoms. The van der Waals surface area contributed by atoms with Gasteiger partial charge in [-0.15, -0.1) is 6.42 Å². The van der Waals surface area contributed by atoms with Crippen LogP contribution in [-0.4, -0.2) is 37.1 Å². The number of rotatable bonds is 6. The number of hydrogen-bond donors (Lipinski definition) is 1. The van der Waals surface area contributed by atoms with E-state index >= 15 is 0 Å². The van der Waals surface area contributed by atoms with E-state index in [1.165, 1.54) is 0 Å². The van der Waals surface area contributed by atoms with E-state index in [0.29, 0.717) is 12.6 Å². The summed E-state index contributed by atoms with van der Waals surface area (Å²) in [5, 5.41) is 3.18. The van der Waals surface area contributed by atoms with Gasteiger partial charge in [0.25, 0.3) is 0 Å². The third-order valence-corrected chi connectivity index (χ3v) is 1.94. The standard InChI is InChI=1S/C10H20N2/c1-5-7-11-8-9-12(6-2)10(3)4/h1,10-11H,6-9H2,2-4H3. The normalized spacial score (nSPS) is 10.7. The summed E-state index contributed by atoms with van der Waals surface area (Å²) in [6.07, 6.45) is 5.11. The van der Waals surface area contributed by atoms with E-state index in [4.69, 9.17) is 6.42 Å². The minimum atomic E-state index is 0.627. The molecule has 0 fully saturated rings. The summed E-state index contributed by atoms with van der Waals surface area (Å²) in [6, 6.07) is 0.627. The Hall–Kier alpha value is -0.520. The third kappa shape index (κ3) is 5.17. The summed E-state index contributed by atoms with van der Waals surface area (Å²) in [6.45, 7) is 10.5. The molecule has 0 radical (unpaired) electrons. The van der Waals surface area contributed by atoms with E-state index in [1.54, 1.807) is 0 Å². The van der Waals surface area contributed by atoms with Gasteiger partial charge in [0, 0.05) is 19.1 Å². The van der Waals surface area contributed by atoms with Crippen LogP contribution in [0.4, 0.5) is 0 Å². The molecule has 0 amide bonds. The van der Waals surface area contributed by atoms with Gasteiger partial charge in [0.05, 0.1) is 6.54 Å². The van der Waals surface area contributed by atoms with Crippen molar-refractivity contribution in [3.8, 4) is 12.3 Å². The molecular formula is C10H20N2. The van der Waals surface area contributed by atoms with E-state index in [-0.39, 0.29) is 0 Å². The molecule has 2 heteroatoms. The van der Waals surface area contributed by atoms with Gasteiger partial charge in [-0.2, -0.15) is 0 Å². The lowest BCUT2D eigenvalue weighted by Crippen LogP contribution is -2.36. The number of likely N-dealkylation sites (N-methyl/N-ethyl adjacent to an activating group) is 1. The molecule has 0 aliphatic heterocycles. The summed E-state index contributed by atoms with van der Waals surface area (Å²) < 4.78 is 0. The van der Waals surface area contributed by atoms with Gasteiger partial charge in [-0.05, 0) is 20.4 Å². The van der Waals surface area contributed by atoms with Crippen LogP contribution in [0.5, 0.6) is 0 Å². The van der Waals surface area contributed by atoms with E-state index in [1.807, 2.05) is 0 Å². The number of terminal acetylenes is 1. The molecule has 70 valence electrons. The Morgan fingerprint density at radius 1 is 1.50 bits per heavy atom. The van der Waals surface area contributed by atoms with E-state index in [0.717, 1.165) is 19.6 Å². The van der Waals surface area contributed by atoms with E-state index in [2.05, 4.69) is 36.9 Å². The van der Waals surface area contributed by atoms with Gasteiger partial charge < -0.3 is 5.32 Å². The molecule has 12 heavy (non-hydrogen) atoms. The fraction of sp³-hybridized carbons (Fsp3) is 0.800. The van der Waals surface area contributed by atoms with Crippen LogP contribution < -0.4 is 5.32 Å². The van der Waals surface area contributed by atoms with Crippen molar-refractivity contribution in [2.45, 2.75) is 26.8 Å². The maximum Gasteiger partial charge on any atom is 0.0574 e. The van der Waals surface area contributed by atoms with Crippen LogP contribution in [0.25, 0.3) is 0 Å². The van der Waals surface area contributed by atoms with Crippen molar-refractivity contribution >= 4 is 0 Å². The Morgan fingerprint density at radius 3 is 2.58 bits per heavy atom. The maximum atomic E-state index is 5.11. The van der Waals surface area contributed by atoms with Crippen LogP contribution in [0.15, 0.2) is 0 Å². The van der Waals surface area contributed by atoms with Crippen molar-refractivity contribution in [2.75, 3.05) is 26.2 Å². The van der Waals surface area contributed by atoms with Gasteiger partial charge in [-0.25, -0.2) is 0 Å². The molecule has 0 aromatic heterocycles. The highest BCUT2D eigenvalue weighted by Crippen LogP contribution is 1.94. The molecule has 0 saturated heterocycles. The molecule has 0 unspecified atom stereocenters. The van der Waals surface area contributed by atoms with E-state index in [9.17, 15) is 0 Å². The lowest BCUT2D eigenvalue weighted by Gasteiger charge is -2.24. The first kappa shape index (κ1) is 11.5. The summed E-state index contributed by atoms with van der Waals surface area (Å²) in [5.74, 6) is 2.56. The van der Waals surface area contributed by atoms with Crippen molar-refractivity contribution in [1.29, 1.82) is 0 Å². The zero-order valence-corrected chi connectivity index (χ0v) is 8.43. The Bertz CT molecular complexity index is 135. The molecule has 0 heterocycles. The highest BCUT2D eigenvalue weighted by molar-refractivity contribution is 4.86. The Labute approximate surface area is 76.3 Å². The van der Waals surface area contributed by atoms with Crippen LogP contribution in [0.3, 0.4) is 0 Å². The predicted octanol–water partition coefficient (Wildman–Crippen LogP) is 0.940. The average Bonchev–Trinajstić information content (AvgIpc) is 2.04. The second-order valence-electron chi connectivity index (χ2n) is 3.10. The molecule has 0 rings (SSSR count). The molecule has 0 aliphatic carbocycles. The summed E-state index contributed by atoms with van der Waals surface area (Å²) >= 11 is 0. The molecular weight excluding hydrogens is 148 g/mol. The molecule has 0 aromatic rings. The lowest BCUT2D eigenvalue weighted by molar-refractivity contribution is 0.235. The molecule has 2 nitrogen and oxygen atoms in total. The molecule has 0 aliphatic rings. The highest BCUT2D eigenvalue weighted by Gasteiger charge is 2.04. The zero-order valence-electron chi connectivity index (χ0n) is 8.43. The van der Waals surface area contributed by atoms with Gasteiger partial charge in [0.1, 0.15) is 0 Å². The smallest absolute Gasteiger partial charge is 0.0574 e. The van der Waals surface area contributed by atoms with Crippen molar-refractivity contribution in [3.63, 3.8) is 0 Å². The van der Waals surface area contributed by atoms with Gasteiger partial charge in [-0.3, -0.25) is 4.90 Å². The van der Waals surface area contributed by atoms with Crippen LogP contribution in [-0.2, 0) is 0 Å². The molecule has 0 aromatic carbocycles. The number of nitrogens with one attached hydrogen (secondary N) is 1. The minimum absolute atomic E-state index is 0.627.